The smallest absolute Gasteiger partial charge is 0.269 e. The number of amidine groups is 1. The minimum Gasteiger partial charge on any atom is -0.378 e. The Morgan fingerprint density at radius 3 is 2.27 bits per heavy atom. The largest absolute Gasteiger partial charge is 0.378 e. The van der Waals surface area contributed by atoms with Crippen LogP contribution in [-0.2, 0) is 11.3 Å². The molecular formula is C26H24N4OS2. The first-order chi connectivity index (χ1) is 16.0. The molecule has 7 heteroatoms. The van der Waals surface area contributed by atoms with Gasteiger partial charge in [0.15, 0.2) is 5.17 Å². The van der Waals surface area contributed by atoms with Gasteiger partial charge in [-0.25, -0.2) is 4.99 Å². The first-order valence-electron chi connectivity index (χ1n) is 10.7. The summed E-state index contributed by atoms with van der Waals surface area (Å²) in [5.74, 6) is -0.00493. The topological polar surface area (TPSA) is 39.1 Å². The van der Waals surface area contributed by atoms with Gasteiger partial charge in [-0.15, -0.1) is 0 Å². The van der Waals surface area contributed by atoms with Crippen LogP contribution in [0.5, 0.6) is 0 Å². The van der Waals surface area contributed by atoms with Crippen LogP contribution < -0.4 is 9.80 Å². The van der Waals surface area contributed by atoms with Crippen LogP contribution in [-0.4, -0.2) is 37.1 Å². The second kappa shape index (κ2) is 9.00. The van der Waals surface area contributed by atoms with E-state index >= 15 is 0 Å². The molecule has 0 atom stereocenters. The van der Waals surface area contributed by atoms with Gasteiger partial charge >= 0.3 is 0 Å². The van der Waals surface area contributed by atoms with Gasteiger partial charge in [-0.1, -0.05) is 54.2 Å². The molecule has 1 saturated heterocycles. The van der Waals surface area contributed by atoms with Crippen molar-refractivity contribution in [3.63, 3.8) is 0 Å². The number of amides is 1. The van der Waals surface area contributed by atoms with Gasteiger partial charge in [0.2, 0.25) is 0 Å². The summed E-state index contributed by atoms with van der Waals surface area (Å²) in [4.78, 5) is 26.4. The van der Waals surface area contributed by atoms with E-state index in [1.165, 1.54) is 11.8 Å². The lowest BCUT2D eigenvalue weighted by Crippen LogP contribution is -2.29. The van der Waals surface area contributed by atoms with Gasteiger partial charge in [0.05, 0.1) is 22.9 Å². The molecule has 2 aliphatic heterocycles. The summed E-state index contributed by atoms with van der Waals surface area (Å²) in [5, 5.41) is 1.66. The summed E-state index contributed by atoms with van der Waals surface area (Å²) in [5.41, 5.74) is 4.14. The molecule has 0 aliphatic carbocycles. The number of thioether (sulfide) groups is 2. The summed E-state index contributed by atoms with van der Waals surface area (Å²) < 4.78 is 0. The molecule has 5 rings (SSSR count). The van der Waals surface area contributed by atoms with Crippen molar-refractivity contribution in [3.05, 3.63) is 94.4 Å². The number of fused-ring (bicyclic) bond motifs is 1. The van der Waals surface area contributed by atoms with Crippen LogP contribution in [0.1, 0.15) is 5.56 Å². The van der Waals surface area contributed by atoms with Gasteiger partial charge in [0.1, 0.15) is 4.91 Å². The molecular weight excluding hydrogens is 448 g/mol. The SMILES string of the molecule is CN(C)c1ccc(N=C2SC(=C3Sc4ccccc4N3C)C(=O)N2Cc2ccccc2)cc1. The highest BCUT2D eigenvalue weighted by molar-refractivity contribution is 8.19. The van der Waals surface area contributed by atoms with E-state index in [1.54, 1.807) is 16.7 Å². The van der Waals surface area contributed by atoms with Crippen molar-refractivity contribution < 1.29 is 4.79 Å². The van der Waals surface area contributed by atoms with Crippen LogP contribution >= 0.6 is 23.5 Å². The van der Waals surface area contributed by atoms with Crippen molar-refractivity contribution in [2.45, 2.75) is 11.4 Å². The number of nitrogens with zero attached hydrogens (tertiary/aromatic N) is 4. The Kier molecular flexibility index (Phi) is 5.91. The normalized spacial score (nSPS) is 18.9. The maximum absolute atomic E-state index is 13.7. The van der Waals surface area contributed by atoms with E-state index in [4.69, 9.17) is 4.99 Å². The van der Waals surface area contributed by atoms with Gasteiger partial charge in [-0.05, 0) is 53.7 Å². The molecule has 1 fully saturated rings. The van der Waals surface area contributed by atoms with Crippen molar-refractivity contribution in [2.75, 3.05) is 30.9 Å². The van der Waals surface area contributed by atoms with Crippen LogP contribution in [0.25, 0.3) is 0 Å². The average Bonchev–Trinajstić information content (AvgIpc) is 3.32. The zero-order valence-corrected chi connectivity index (χ0v) is 20.4. The number of benzene rings is 3. The Labute approximate surface area is 202 Å². The van der Waals surface area contributed by atoms with E-state index in [9.17, 15) is 4.79 Å². The maximum Gasteiger partial charge on any atom is 0.269 e. The lowest BCUT2D eigenvalue weighted by atomic mass is 10.2. The fourth-order valence-corrected chi connectivity index (χ4v) is 6.10. The minimum absolute atomic E-state index is 0.00493. The molecule has 0 bridgehead atoms. The van der Waals surface area contributed by atoms with Crippen LogP contribution in [0, 0.1) is 0 Å². The van der Waals surface area contributed by atoms with Crippen molar-refractivity contribution in [3.8, 4) is 0 Å². The summed E-state index contributed by atoms with van der Waals surface area (Å²) >= 11 is 3.10. The molecule has 1 amide bonds. The van der Waals surface area contributed by atoms with E-state index in [1.807, 2.05) is 87.9 Å². The van der Waals surface area contributed by atoms with Gasteiger partial charge < -0.3 is 9.80 Å². The minimum atomic E-state index is -0.00493. The molecule has 3 aromatic carbocycles. The molecule has 0 N–H and O–H groups in total. The Morgan fingerprint density at radius 1 is 0.879 bits per heavy atom. The Hall–Kier alpha value is -3.16. The molecule has 2 heterocycles. The molecule has 0 spiro atoms. The highest BCUT2D eigenvalue weighted by atomic mass is 32.2. The monoisotopic (exact) mass is 472 g/mol. The summed E-state index contributed by atoms with van der Waals surface area (Å²) in [6.45, 7) is 0.486. The van der Waals surface area contributed by atoms with E-state index in [-0.39, 0.29) is 5.91 Å². The third-order valence-corrected chi connectivity index (χ3v) is 8.00. The third kappa shape index (κ3) is 4.26. The Balaban J connectivity index is 1.53. The van der Waals surface area contributed by atoms with Crippen LogP contribution in [0.3, 0.4) is 0 Å². The second-order valence-corrected chi connectivity index (χ2v) is 10.1. The number of para-hydroxylation sites is 1. The molecule has 0 aromatic heterocycles. The van der Waals surface area contributed by atoms with Crippen LogP contribution in [0.4, 0.5) is 17.1 Å². The fraction of sp³-hybridized carbons (Fsp3) is 0.154. The maximum atomic E-state index is 13.7. The van der Waals surface area contributed by atoms with E-state index in [2.05, 4.69) is 21.9 Å². The highest BCUT2D eigenvalue weighted by Crippen LogP contribution is 2.50. The molecule has 2 aliphatic rings. The predicted octanol–water partition coefficient (Wildman–Crippen LogP) is 5.93. The third-order valence-electron chi connectivity index (χ3n) is 5.57. The van der Waals surface area contributed by atoms with Gasteiger partial charge in [-0.3, -0.25) is 9.69 Å². The summed E-state index contributed by atoms with van der Waals surface area (Å²) in [7, 11) is 6.05. The molecule has 3 aromatic rings. The Morgan fingerprint density at radius 2 is 1.58 bits per heavy atom. The predicted molar refractivity (Wildman–Crippen MR) is 140 cm³/mol. The van der Waals surface area contributed by atoms with Gasteiger partial charge in [-0.2, -0.15) is 0 Å². The summed E-state index contributed by atoms with van der Waals surface area (Å²) in [6, 6.07) is 26.4. The molecule has 0 radical (unpaired) electrons. The fourth-order valence-electron chi connectivity index (χ4n) is 3.76. The van der Waals surface area contributed by atoms with E-state index in [0.717, 1.165) is 37.5 Å². The van der Waals surface area contributed by atoms with Gasteiger partial charge in [0.25, 0.3) is 5.91 Å². The molecule has 0 saturated carbocycles. The van der Waals surface area contributed by atoms with Crippen molar-refractivity contribution in [1.82, 2.24) is 4.90 Å². The van der Waals surface area contributed by atoms with Crippen LogP contribution in [0.2, 0.25) is 0 Å². The number of aliphatic imine (C=N–C) groups is 1. The quantitative estimate of drug-likeness (QED) is 0.440. The zero-order valence-electron chi connectivity index (χ0n) is 18.7. The second-order valence-electron chi connectivity index (χ2n) is 8.05. The zero-order chi connectivity index (χ0) is 22.9. The number of hydrogen-bond donors (Lipinski definition) is 0. The van der Waals surface area contributed by atoms with Crippen molar-refractivity contribution >= 4 is 51.7 Å². The Bertz CT molecular complexity index is 1250. The number of rotatable bonds is 4. The van der Waals surface area contributed by atoms with E-state index < -0.39 is 0 Å². The standard InChI is InChI=1S/C26H24N4OS2/c1-28(2)20-15-13-19(14-16-20)27-26-30(17-18-9-5-4-6-10-18)24(31)23(33-26)25-29(3)21-11-7-8-12-22(21)32-25/h4-16H,17H2,1-3H3. The molecule has 0 unspecified atom stereocenters. The van der Waals surface area contributed by atoms with Crippen molar-refractivity contribution in [2.24, 2.45) is 4.99 Å². The van der Waals surface area contributed by atoms with Crippen molar-refractivity contribution in [1.29, 1.82) is 0 Å². The molecule has 5 nitrogen and oxygen atoms in total. The average molecular weight is 473 g/mol. The number of hydrogen-bond acceptors (Lipinski definition) is 6. The number of anilines is 2. The van der Waals surface area contributed by atoms with Crippen LogP contribution in [0.15, 0.2) is 98.7 Å². The molecule has 166 valence electrons. The van der Waals surface area contributed by atoms with Gasteiger partial charge in [0, 0.05) is 31.7 Å². The number of carbonyl (C=O) groups excluding carboxylic acids is 1. The lowest BCUT2D eigenvalue weighted by molar-refractivity contribution is -0.122. The number of carbonyl (C=O) groups is 1. The molecule has 33 heavy (non-hydrogen) atoms. The lowest BCUT2D eigenvalue weighted by Gasteiger charge is -2.17. The van der Waals surface area contributed by atoms with E-state index in [0.29, 0.717) is 11.7 Å². The first kappa shape index (κ1) is 21.7. The first-order valence-corrected chi connectivity index (χ1v) is 12.3. The summed E-state index contributed by atoms with van der Waals surface area (Å²) in [6.07, 6.45) is 0. The highest BCUT2D eigenvalue weighted by Gasteiger charge is 2.39.